The summed E-state index contributed by atoms with van der Waals surface area (Å²) in [6.07, 6.45) is 0.556. The van der Waals surface area contributed by atoms with Gasteiger partial charge in [0.05, 0.1) is 42.0 Å². The van der Waals surface area contributed by atoms with E-state index in [-0.39, 0.29) is 30.5 Å². The van der Waals surface area contributed by atoms with Crippen LogP contribution in [0.3, 0.4) is 0 Å². The summed E-state index contributed by atoms with van der Waals surface area (Å²) in [5.41, 5.74) is 2.83. The smallest absolute Gasteiger partial charge is 0.241 e. The fraction of sp³-hybridized carbons (Fsp3) is 0.250. The maximum Gasteiger partial charge on any atom is 0.241 e. The van der Waals surface area contributed by atoms with Crippen molar-refractivity contribution in [3.8, 4) is 12.1 Å². The van der Waals surface area contributed by atoms with Crippen molar-refractivity contribution in [2.24, 2.45) is 0 Å². The topological polar surface area (TPSA) is 97.9 Å². The molecule has 0 bridgehead atoms. The lowest BCUT2D eigenvalue weighted by molar-refractivity contribution is -0.118. The number of carbonyl (C=O) groups is 1. The molecule has 2 N–H and O–H groups in total. The second-order valence-electron chi connectivity index (χ2n) is 6.12. The maximum absolute atomic E-state index is 12.3. The van der Waals surface area contributed by atoms with Crippen LogP contribution in [0.2, 0.25) is 0 Å². The van der Waals surface area contributed by atoms with Gasteiger partial charge in [0.2, 0.25) is 5.91 Å². The Hall–Kier alpha value is -2.90. The SMILES string of the molecule is Cl.N#Cc1ccc(CO[C@@H]2CN[C@H](C(=O)Nc3ccc(C#N)cc3)C2)cc1. The highest BCUT2D eigenvalue weighted by Gasteiger charge is 2.30. The van der Waals surface area contributed by atoms with Crippen LogP contribution in [0, 0.1) is 22.7 Å². The molecule has 2 aromatic rings. The predicted molar refractivity (Wildman–Crippen MR) is 103 cm³/mol. The number of hydrogen-bond acceptors (Lipinski definition) is 5. The molecule has 2 atom stereocenters. The summed E-state index contributed by atoms with van der Waals surface area (Å²) in [6.45, 7) is 1.06. The molecule has 1 aliphatic rings. The van der Waals surface area contributed by atoms with E-state index in [0.717, 1.165) is 5.56 Å². The molecule has 2 aromatic carbocycles. The molecule has 0 aromatic heterocycles. The van der Waals surface area contributed by atoms with E-state index < -0.39 is 0 Å². The monoisotopic (exact) mass is 382 g/mol. The van der Waals surface area contributed by atoms with Gasteiger partial charge in [0, 0.05) is 12.2 Å². The fourth-order valence-corrected chi connectivity index (χ4v) is 2.78. The number of carbonyl (C=O) groups excluding carboxylic acids is 1. The third-order valence-corrected chi connectivity index (χ3v) is 4.26. The van der Waals surface area contributed by atoms with Gasteiger partial charge in [-0.05, 0) is 48.4 Å². The molecule has 0 unspecified atom stereocenters. The van der Waals surface area contributed by atoms with E-state index in [4.69, 9.17) is 15.3 Å². The minimum Gasteiger partial charge on any atom is -0.372 e. The number of nitrogens with one attached hydrogen (secondary N) is 2. The molecule has 0 aliphatic carbocycles. The molecule has 138 valence electrons. The number of benzene rings is 2. The first-order chi connectivity index (χ1) is 12.7. The van der Waals surface area contributed by atoms with Crippen molar-refractivity contribution in [1.29, 1.82) is 10.5 Å². The number of ether oxygens (including phenoxy) is 1. The molecular formula is C20H19ClN4O2. The zero-order valence-corrected chi connectivity index (χ0v) is 15.3. The first kappa shape index (κ1) is 20.4. The Kier molecular flexibility index (Phi) is 7.34. The molecule has 7 heteroatoms. The van der Waals surface area contributed by atoms with E-state index >= 15 is 0 Å². The molecule has 1 fully saturated rings. The van der Waals surface area contributed by atoms with Gasteiger partial charge < -0.3 is 15.4 Å². The summed E-state index contributed by atoms with van der Waals surface area (Å²) in [6, 6.07) is 17.9. The van der Waals surface area contributed by atoms with E-state index in [1.807, 2.05) is 18.2 Å². The first-order valence-electron chi connectivity index (χ1n) is 8.33. The quantitative estimate of drug-likeness (QED) is 0.828. The van der Waals surface area contributed by atoms with Gasteiger partial charge in [0.1, 0.15) is 0 Å². The molecule has 6 nitrogen and oxygen atoms in total. The first-order valence-corrected chi connectivity index (χ1v) is 8.33. The van der Waals surface area contributed by atoms with Gasteiger partial charge in [-0.2, -0.15) is 10.5 Å². The van der Waals surface area contributed by atoms with Crippen LogP contribution in [0.5, 0.6) is 0 Å². The van der Waals surface area contributed by atoms with Gasteiger partial charge in [0.25, 0.3) is 0 Å². The molecule has 1 saturated heterocycles. The van der Waals surface area contributed by atoms with E-state index in [9.17, 15) is 4.79 Å². The van der Waals surface area contributed by atoms with Crippen LogP contribution in [0.1, 0.15) is 23.1 Å². The minimum absolute atomic E-state index is 0. The number of nitriles is 2. The van der Waals surface area contributed by atoms with Crippen molar-refractivity contribution >= 4 is 24.0 Å². The number of halogens is 1. The molecule has 0 saturated carbocycles. The summed E-state index contributed by atoms with van der Waals surface area (Å²) < 4.78 is 5.86. The van der Waals surface area contributed by atoms with Gasteiger partial charge in [-0.1, -0.05) is 12.1 Å². The van der Waals surface area contributed by atoms with E-state index in [1.54, 1.807) is 36.4 Å². The molecule has 1 heterocycles. The van der Waals surface area contributed by atoms with Crippen molar-refractivity contribution in [2.75, 3.05) is 11.9 Å². The summed E-state index contributed by atoms with van der Waals surface area (Å²) >= 11 is 0. The van der Waals surface area contributed by atoms with Crippen molar-refractivity contribution in [3.63, 3.8) is 0 Å². The van der Waals surface area contributed by atoms with Crippen LogP contribution in [0.4, 0.5) is 5.69 Å². The zero-order chi connectivity index (χ0) is 18.4. The van der Waals surface area contributed by atoms with Crippen molar-refractivity contribution in [2.45, 2.75) is 25.2 Å². The second kappa shape index (κ2) is 9.70. The zero-order valence-electron chi connectivity index (χ0n) is 14.5. The van der Waals surface area contributed by atoms with Crippen LogP contribution in [0.15, 0.2) is 48.5 Å². The predicted octanol–water partition coefficient (Wildman–Crippen LogP) is 2.74. The number of nitrogens with zero attached hydrogens (tertiary/aromatic N) is 2. The highest BCUT2D eigenvalue weighted by Crippen LogP contribution is 2.16. The van der Waals surface area contributed by atoms with Crippen LogP contribution >= 0.6 is 12.4 Å². The normalized spacial score (nSPS) is 18.0. The average molecular weight is 383 g/mol. The average Bonchev–Trinajstić information content (AvgIpc) is 3.16. The third kappa shape index (κ3) is 5.54. The van der Waals surface area contributed by atoms with Gasteiger partial charge in [-0.15, -0.1) is 12.4 Å². The fourth-order valence-electron chi connectivity index (χ4n) is 2.78. The molecule has 0 radical (unpaired) electrons. The number of rotatable bonds is 5. The van der Waals surface area contributed by atoms with Gasteiger partial charge >= 0.3 is 0 Å². The second-order valence-corrected chi connectivity index (χ2v) is 6.12. The van der Waals surface area contributed by atoms with Crippen molar-refractivity contribution < 1.29 is 9.53 Å². The lowest BCUT2D eigenvalue weighted by atomic mass is 10.1. The number of anilines is 1. The minimum atomic E-state index is -0.309. The number of hydrogen-bond donors (Lipinski definition) is 2. The molecule has 27 heavy (non-hydrogen) atoms. The van der Waals surface area contributed by atoms with E-state index in [2.05, 4.69) is 16.7 Å². The largest absolute Gasteiger partial charge is 0.372 e. The summed E-state index contributed by atoms with van der Waals surface area (Å²) in [5.74, 6) is -0.112. The lowest BCUT2D eigenvalue weighted by Gasteiger charge is -2.12. The Bertz CT molecular complexity index is 854. The van der Waals surface area contributed by atoms with Gasteiger partial charge in [-0.25, -0.2) is 0 Å². The third-order valence-electron chi connectivity index (χ3n) is 4.26. The van der Waals surface area contributed by atoms with E-state index in [0.29, 0.717) is 36.4 Å². The highest BCUT2D eigenvalue weighted by molar-refractivity contribution is 5.95. The molecule has 1 amide bonds. The Labute approximate surface area is 164 Å². The molecule has 3 rings (SSSR count). The highest BCUT2D eigenvalue weighted by atomic mass is 35.5. The van der Waals surface area contributed by atoms with Gasteiger partial charge in [0.15, 0.2) is 0 Å². The maximum atomic E-state index is 12.3. The van der Waals surface area contributed by atoms with Crippen LogP contribution in [-0.4, -0.2) is 24.6 Å². The molecular weight excluding hydrogens is 364 g/mol. The van der Waals surface area contributed by atoms with Crippen molar-refractivity contribution in [1.82, 2.24) is 5.32 Å². The summed E-state index contributed by atoms with van der Waals surface area (Å²) in [5, 5.41) is 23.6. The van der Waals surface area contributed by atoms with Crippen LogP contribution < -0.4 is 10.6 Å². The molecule has 1 aliphatic heterocycles. The van der Waals surface area contributed by atoms with Gasteiger partial charge in [-0.3, -0.25) is 4.79 Å². The molecule has 0 spiro atoms. The van der Waals surface area contributed by atoms with E-state index in [1.165, 1.54) is 0 Å². The Balaban J connectivity index is 0.00000261. The lowest BCUT2D eigenvalue weighted by Crippen LogP contribution is -2.35. The summed E-state index contributed by atoms with van der Waals surface area (Å²) in [4.78, 5) is 12.3. The van der Waals surface area contributed by atoms with Crippen LogP contribution in [-0.2, 0) is 16.1 Å². The Morgan fingerprint density at radius 3 is 2.26 bits per heavy atom. The summed E-state index contributed by atoms with van der Waals surface area (Å²) in [7, 11) is 0. The van der Waals surface area contributed by atoms with Crippen LogP contribution in [0.25, 0.3) is 0 Å². The Morgan fingerprint density at radius 2 is 1.67 bits per heavy atom. The Morgan fingerprint density at radius 1 is 1.07 bits per heavy atom. The van der Waals surface area contributed by atoms with Crippen molar-refractivity contribution in [3.05, 3.63) is 65.2 Å². The standard InChI is InChI=1S/C20H18N4O2.ClH/c21-10-14-1-3-16(4-2-14)13-26-18-9-19(23-12-18)20(25)24-17-7-5-15(11-22)6-8-17;/h1-8,18-19,23H,9,12-13H2,(H,24,25);1H/t18-,19-;/m0./s1. The number of amides is 1.